The number of carbonyl (C=O) groups is 1. The maximum atomic E-state index is 12.3. The quantitative estimate of drug-likeness (QED) is 0.519. The first-order valence-electron chi connectivity index (χ1n) is 9.14. The molecule has 1 heterocycles. The number of nitrogens with one attached hydrogen (secondary N) is 1. The molecule has 0 aliphatic carbocycles. The highest BCUT2D eigenvalue weighted by Crippen LogP contribution is 2.24. The Kier molecular flexibility index (Phi) is 5.33. The van der Waals surface area contributed by atoms with Crippen LogP contribution in [-0.4, -0.2) is 22.5 Å². The van der Waals surface area contributed by atoms with Crippen LogP contribution in [0.5, 0.6) is 17.5 Å². The van der Waals surface area contributed by atoms with Crippen molar-refractivity contribution in [2.24, 2.45) is 0 Å². The van der Waals surface area contributed by atoms with Crippen molar-refractivity contribution in [2.45, 2.75) is 6.92 Å². The first kappa shape index (κ1) is 18.4. The molecule has 1 N–H and O–H groups in total. The van der Waals surface area contributed by atoms with E-state index in [0.29, 0.717) is 17.2 Å². The van der Waals surface area contributed by atoms with Crippen LogP contribution in [0.3, 0.4) is 0 Å². The number of carbonyl (C=O) groups excluding carboxylic acids is 1. The predicted molar refractivity (Wildman–Crippen MR) is 111 cm³/mol. The minimum absolute atomic E-state index is 0.0755. The number of aromatic nitrogens is 2. The Morgan fingerprint density at radius 3 is 2.45 bits per heavy atom. The van der Waals surface area contributed by atoms with Crippen molar-refractivity contribution in [3.63, 3.8) is 0 Å². The summed E-state index contributed by atoms with van der Waals surface area (Å²) in [4.78, 5) is 20.3. The number of benzene rings is 3. The molecule has 0 aliphatic rings. The first-order valence-corrected chi connectivity index (χ1v) is 9.14. The molecule has 144 valence electrons. The van der Waals surface area contributed by atoms with E-state index in [2.05, 4.69) is 15.3 Å². The maximum absolute atomic E-state index is 12.3. The van der Waals surface area contributed by atoms with Crippen molar-refractivity contribution in [3.05, 3.63) is 84.7 Å². The molecule has 0 bridgehead atoms. The van der Waals surface area contributed by atoms with E-state index in [0.717, 1.165) is 16.3 Å². The van der Waals surface area contributed by atoms with E-state index in [4.69, 9.17) is 9.47 Å². The zero-order valence-corrected chi connectivity index (χ0v) is 15.8. The zero-order valence-electron chi connectivity index (χ0n) is 15.8. The van der Waals surface area contributed by atoms with Gasteiger partial charge in [0.25, 0.3) is 5.91 Å². The molecule has 0 spiro atoms. The highest BCUT2D eigenvalue weighted by Gasteiger charge is 2.08. The largest absolute Gasteiger partial charge is 0.484 e. The van der Waals surface area contributed by atoms with E-state index in [1.165, 1.54) is 0 Å². The summed E-state index contributed by atoms with van der Waals surface area (Å²) in [5.74, 6) is 1.02. The highest BCUT2D eigenvalue weighted by atomic mass is 16.5. The van der Waals surface area contributed by atoms with Gasteiger partial charge in [-0.15, -0.1) is 0 Å². The molecule has 0 atom stereocenters. The topological polar surface area (TPSA) is 73.3 Å². The van der Waals surface area contributed by atoms with Crippen molar-refractivity contribution in [1.82, 2.24) is 9.97 Å². The van der Waals surface area contributed by atoms with Crippen LogP contribution in [0.25, 0.3) is 10.8 Å². The number of hydrogen-bond acceptors (Lipinski definition) is 5. The summed E-state index contributed by atoms with van der Waals surface area (Å²) in [6.07, 6.45) is 3.22. The lowest BCUT2D eigenvalue weighted by Gasteiger charge is -2.11. The third kappa shape index (κ3) is 4.68. The predicted octanol–water partition coefficient (Wildman–Crippen LogP) is 4.75. The Balaban J connectivity index is 1.36. The smallest absolute Gasteiger partial charge is 0.321 e. The van der Waals surface area contributed by atoms with Crippen LogP contribution < -0.4 is 14.8 Å². The number of ether oxygens (including phenoxy) is 2. The summed E-state index contributed by atoms with van der Waals surface area (Å²) in [5, 5.41) is 5.05. The Bertz CT molecular complexity index is 1150. The summed E-state index contributed by atoms with van der Waals surface area (Å²) in [6, 6.07) is 21.1. The number of rotatable bonds is 6. The van der Waals surface area contributed by atoms with Crippen molar-refractivity contribution in [2.75, 3.05) is 11.9 Å². The van der Waals surface area contributed by atoms with Gasteiger partial charge in [0, 0.05) is 18.1 Å². The molecule has 4 aromatic rings. The Morgan fingerprint density at radius 2 is 1.66 bits per heavy atom. The average molecular weight is 385 g/mol. The molecule has 0 saturated carbocycles. The molecule has 4 rings (SSSR count). The fraction of sp³-hybridized carbons (Fsp3) is 0.0870. The third-order valence-electron chi connectivity index (χ3n) is 4.31. The van der Waals surface area contributed by atoms with Crippen LogP contribution in [0.15, 0.2) is 79.1 Å². The van der Waals surface area contributed by atoms with Crippen LogP contribution in [0, 0.1) is 6.92 Å². The molecule has 29 heavy (non-hydrogen) atoms. The van der Waals surface area contributed by atoms with Crippen LogP contribution >= 0.6 is 0 Å². The number of hydrogen-bond donors (Lipinski definition) is 1. The zero-order chi connectivity index (χ0) is 20.1. The summed E-state index contributed by atoms with van der Waals surface area (Å²) in [5.41, 5.74) is 1.55. The van der Waals surface area contributed by atoms with Crippen molar-refractivity contribution >= 4 is 22.4 Å². The number of anilines is 1. The monoisotopic (exact) mass is 385 g/mol. The van der Waals surface area contributed by atoms with Crippen molar-refractivity contribution in [3.8, 4) is 17.5 Å². The summed E-state index contributed by atoms with van der Waals surface area (Å²) in [6.45, 7) is 1.81. The third-order valence-corrected chi connectivity index (χ3v) is 4.31. The van der Waals surface area contributed by atoms with Crippen molar-refractivity contribution in [1.29, 1.82) is 0 Å². The Hall–Kier alpha value is -3.93. The van der Waals surface area contributed by atoms with Gasteiger partial charge in [-0.05, 0) is 59.7 Å². The van der Waals surface area contributed by atoms with Gasteiger partial charge in [0.1, 0.15) is 11.5 Å². The highest BCUT2D eigenvalue weighted by molar-refractivity contribution is 5.92. The van der Waals surface area contributed by atoms with Crippen LogP contribution in [0.4, 0.5) is 5.69 Å². The maximum Gasteiger partial charge on any atom is 0.321 e. The normalized spacial score (nSPS) is 10.5. The van der Waals surface area contributed by atoms with Crippen LogP contribution in [0.2, 0.25) is 0 Å². The minimum atomic E-state index is -0.235. The van der Waals surface area contributed by atoms with Gasteiger partial charge in [-0.2, -0.15) is 0 Å². The molecule has 0 fully saturated rings. The molecule has 0 aliphatic heterocycles. The van der Waals surface area contributed by atoms with Gasteiger partial charge < -0.3 is 14.8 Å². The SMILES string of the molecule is Cc1cc(Oc2ncccn2)ccc1NC(=O)COc1ccc2ccccc2c1. The molecular formula is C23H19N3O3. The number of aryl methyl sites for hydroxylation is 1. The van der Waals surface area contributed by atoms with Gasteiger partial charge in [-0.25, -0.2) is 9.97 Å². The first-order chi connectivity index (χ1) is 14.2. The van der Waals surface area contributed by atoms with Gasteiger partial charge >= 0.3 is 6.01 Å². The van der Waals surface area contributed by atoms with Gasteiger partial charge in [0.2, 0.25) is 0 Å². The summed E-state index contributed by atoms with van der Waals surface area (Å²) in [7, 11) is 0. The lowest BCUT2D eigenvalue weighted by molar-refractivity contribution is -0.118. The lowest BCUT2D eigenvalue weighted by atomic mass is 10.1. The second kappa shape index (κ2) is 8.39. The fourth-order valence-electron chi connectivity index (χ4n) is 2.88. The molecule has 0 saturated heterocycles. The molecule has 6 heteroatoms. The van der Waals surface area contributed by atoms with E-state index in [1.807, 2.05) is 55.5 Å². The molecule has 3 aromatic carbocycles. The number of fused-ring (bicyclic) bond motifs is 1. The van der Waals surface area contributed by atoms with Gasteiger partial charge in [-0.3, -0.25) is 4.79 Å². The van der Waals surface area contributed by atoms with Crippen molar-refractivity contribution < 1.29 is 14.3 Å². The minimum Gasteiger partial charge on any atom is -0.484 e. The lowest BCUT2D eigenvalue weighted by Crippen LogP contribution is -2.20. The molecule has 1 aromatic heterocycles. The van der Waals surface area contributed by atoms with Gasteiger partial charge in [-0.1, -0.05) is 30.3 Å². The second-order valence-corrected chi connectivity index (χ2v) is 6.46. The molecular weight excluding hydrogens is 366 g/mol. The average Bonchev–Trinajstić information content (AvgIpc) is 2.75. The molecule has 1 amide bonds. The van der Waals surface area contributed by atoms with E-state index in [1.54, 1.807) is 30.6 Å². The number of amides is 1. The van der Waals surface area contributed by atoms with E-state index >= 15 is 0 Å². The van der Waals surface area contributed by atoms with E-state index < -0.39 is 0 Å². The van der Waals surface area contributed by atoms with E-state index in [9.17, 15) is 4.79 Å². The summed E-state index contributed by atoms with van der Waals surface area (Å²) < 4.78 is 11.2. The standard InChI is InChI=1S/C23H19N3O3/c1-16-13-20(29-23-24-11-4-12-25-23)9-10-21(16)26-22(27)15-28-19-8-7-17-5-2-3-6-18(17)14-19/h2-14H,15H2,1H3,(H,26,27). The summed E-state index contributed by atoms with van der Waals surface area (Å²) >= 11 is 0. The number of nitrogens with zero attached hydrogens (tertiary/aromatic N) is 2. The van der Waals surface area contributed by atoms with Crippen LogP contribution in [0.1, 0.15) is 5.56 Å². The van der Waals surface area contributed by atoms with Crippen LogP contribution in [-0.2, 0) is 4.79 Å². The molecule has 6 nitrogen and oxygen atoms in total. The van der Waals surface area contributed by atoms with E-state index in [-0.39, 0.29) is 18.5 Å². The Morgan fingerprint density at radius 1 is 0.897 bits per heavy atom. The Labute approximate surface area is 168 Å². The molecule has 0 radical (unpaired) electrons. The van der Waals surface area contributed by atoms with Gasteiger partial charge in [0.15, 0.2) is 6.61 Å². The fourth-order valence-corrected chi connectivity index (χ4v) is 2.88. The molecule has 0 unspecified atom stereocenters. The second-order valence-electron chi connectivity index (χ2n) is 6.46. The van der Waals surface area contributed by atoms with Gasteiger partial charge in [0.05, 0.1) is 0 Å².